The molecule has 0 aliphatic heterocycles. The molecule has 2 heterocycles. The number of carbonyl (C=O) groups excluding carboxylic acids is 2. The van der Waals surface area contributed by atoms with Crippen molar-refractivity contribution < 1.29 is 14.1 Å². The van der Waals surface area contributed by atoms with Crippen molar-refractivity contribution in [1.29, 1.82) is 0 Å². The van der Waals surface area contributed by atoms with Gasteiger partial charge in [0.2, 0.25) is 0 Å². The van der Waals surface area contributed by atoms with Crippen LogP contribution in [0.1, 0.15) is 26.6 Å². The first-order valence-electron chi connectivity index (χ1n) is 6.06. The maximum atomic E-state index is 11.7. The summed E-state index contributed by atoms with van der Waals surface area (Å²) in [7, 11) is 0. The number of nitrogens with one attached hydrogen (secondary N) is 2. The minimum atomic E-state index is -0.333. The number of hydrogen-bond donors (Lipinski definition) is 2. The monoisotopic (exact) mass is 274 g/mol. The quantitative estimate of drug-likeness (QED) is 0.775. The van der Waals surface area contributed by atoms with Gasteiger partial charge in [-0.05, 0) is 19.1 Å². The Bertz CT molecular complexity index is 595. The van der Waals surface area contributed by atoms with Gasteiger partial charge in [0.15, 0.2) is 5.69 Å². The van der Waals surface area contributed by atoms with Crippen molar-refractivity contribution in [2.45, 2.75) is 6.92 Å². The van der Waals surface area contributed by atoms with Crippen LogP contribution in [0.2, 0.25) is 0 Å². The molecule has 0 atom stereocenters. The summed E-state index contributed by atoms with van der Waals surface area (Å²) in [6.07, 6.45) is 3.09. The van der Waals surface area contributed by atoms with Crippen LogP contribution in [0.15, 0.2) is 35.1 Å². The van der Waals surface area contributed by atoms with Crippen molar-refractivity contribution in [3.8, 4) is 0 Å². The minimum Gasteiger partial charge on any atom is -0.361 e. The summed E-state index contributed by atoms with van der Waals surface area (Å²) in [4.78, 5) is 27.1. The Morgan fingerprint density at radius 1 is 1.15 bits per heavy atom. The van der Waals surface area contributed by atoms with Crippen molar-refractivity contribution in [3.05, 3.63) is 47.6 Å². The zero-order valence-corrected chi connectivity index (χ0v) is 10.9. The molecule has 2 amide bonds. The van der Waals surface area contributed by atoms with E-state index >= 15 is 0 Å². The van der Waals surface area contributed by atoms with Gasteiger partial charge >= 0.3 is 0 Å². The molecule has 0 saturated heterocycles. The molecule has 0 saturated carbocycles. The molecule has 0 bridgehead atoms. The number of aryl methyl sites for hydroxylation is 1. The largest absolute Gasteiger partial charge is 0.361 e. The minimum absolute atomic E-state index is 0.209. The Kier molecular flexibility index (Phi) is 4.43. The molecule has 0 fully saturated rings. The van der Waals surface area contributed by atoms with E-state index < -0.39 is 0 Å². The third-order valence-corrected chi connectivity index (χ3v) is 2.50. The summed E-state index contributed by atoms with van der Waals surface area (Å²) in [5.74, 6) is 0.0279. The molecule has 0 aromatic carbocycles. The van der Waals surface area contributed by atoms with Gasteiger partial charge in [0, 0.05) is 37.1 Å². The van der Waals surface area contributed by atoms with Gasteiger partial charge in [-0.15, -0.1) is 0 Å². The third kappa shape index (κ3) is 3.64. The Morgan fingerprint density at radius 3 is 2.40 bits per heavy atom. The van der Waals surface area contributed by atoms with Gasteiger partial charge in [-0.25, -0.2) is 0 Å². The van der Waals surface area contributed by atoms with Crippen molar-refractivity contribution in [2.75, 3.05) is 13.1 Å². The third-order valence-electron chi connectivity index (χ3n) is 2.50. The SMILES string of the molecule is Cc1cc(C(=O)NCCNC(=O)c2ccncc2)no1. The van der Waals surface area contributed by atoms with Gasteiger partial charge in [0.05, 0.1) is 0 Å². The molecule has 0 spiro atoms. The van der Waals surface area contributed by atoms with Gasteiger partial charge in [-0.3, -0.25) is 14.6 Å². The van der Waals surface area contributed by atoms with Gasteiger partial charge in [0.1, 0.15) is 5.76 Å². The average molecular weight is 274 g/mol. The summed E-state index contributed by atoms with van der Waals surface area (Å²) < 4.78 is 4.80. The summed E-state index contributed by atoms with van der Waals surface area (Å²) in [5, 5.41) is 8.91. The topological polar surface area (TPSA) is 97.1 Å². The molecule has 0 unspecified atom stereocenters. The molecular weight excluding hydrogens is 260 g/mol. The van der Waals surface area contributed by atoms with Crippen LogP contribution in [0.4, 0.5) is 0 Å². The Morgan fingerprint density at radius 2 is 1.80 bits per heavy atom. The maximum absolute atomic E-state index is 11.7. The fraction of sp³-hybridized carbons (Fsp3) is 0.231. The summed E-state index contributed by atoms with van der Waals surface area (Å²) in [6.45, 7) is 2.34. The van der Waals surface area contributed by atoms with E-state index in [9.17, 15) is 9.59 Å². The van der Waals surface area contributed by atoms with E-state index in [1.807, 2.05) is 0 Å². The van der Waals surface area contributed by atoms with Crippen LogP contribution >= 0.6 is 0 Å². The van der Waals surface area contributed by atoms with Crippen LogP contribution in [-0.2, 0) is 0 Å². The average Bonchev–Trinajstić information content (AvgIpc) is 2.91. The Balaban J connectivity index is 1.72. The molecule has 20 heavy (non-hydrogen) atoms. The second-order valence-electron chi connectivity index (χ2n) is 4.07. The normalized spacial score (nSPS) is 10.1. The number of hydrogen-bond acceptors (Lipinski definition) is 5. The lowest BCUT2D eigenvalue weighted by Gasteiger charge is -2.05. The fourth-order valence-corrected chi connectivity index (χ4v) is 1.52. The zero-order valence-electron chi connectivity index (χ0n) is 10.9. The van der Waals surface area contributed by atoms with Crippen molar-refractivity contribution in [2.24, 2.45) is 0 Å². The predicted octanol–water partition coefficient (Wildman–Crippen LogP) is 0.538. The van der Waals surface area contributed by atoms with E-state index in [0.717, 1.165) is 0 Å². The summed E-state index contributed by atoms with van der Waals surface area (Å²) >= 11 is 0. The second kappa shape index (κ2) is 6.46. The van der Waals surface area contributed by atoms with Gasteiger partial charge in [-0.1, -0.05) is 5.16 Å². The number of amides is 2. The highest BCUT2D eigenvalue weighted by molar-refractivity contribution is 5.94. The first kappa shape index (κ1) is 13.7. The van der Waals surface area contributed by atoms with Crippen LogP contribution in [0.25, 0.3) is 0 Å². The van der Waals surface area contributed by atoms with E-state index in [-0.39, 0.29) is 17.5 Å². The van der Waals surface area contributed by atoms with Crippen LogP contribution < -0.4 is 10.6 Å². The predicted molar refractivity (Wildman–Crippen MR) is 70.1 cm³/mol. The molecule has 7 heteroatoms. The standard InChI is InChI=1S/C13H14N4O3/c1-9-8-11(17-20-9)13(19)16-7-6-15-12(18)10-2-4-14-5-3-10/h2-5,8H,6-7H2,1H3,(H,15,18)(H,16,19). The summed E-state index contributed by atoms with van der Waals surface area (Å²) in [6, 6.07) is 4.78. The van der Waals surface area contributed by atoms with Crippen molar-refractivity contribution in [3.63, 3.8) is 0 Å². The van der Waals surface area contributed by atoms with Crippen molar-refractivity contribution >= 4 is 11.8 Å². The summed E-state index contributed by atoms with van der Waals surface area (Å²) in [5.41, 5.74) is 0.751. The van der Waals surface area contributed by atoms with Gasteiger partial charge in [0.25, 0.3) is 11.8 Å². The van der Waals surface area contributed by atoms with Gasteiger partial charge in [-0.2, -0.15) is 0 Å². The number of pyridine rings is 1. The highest BCUT2D eigenvalue weighted by atomic mass is 16.5. The van der Waals surface area contributed by atoms with E-state index in [2.05, 4.69) is 20.8 Å². The molecule has 0 radical (unpaired) electrons. The molecule has 104 valence electrons. The number of nitrogens with zero attached hydrogens (tertiary/aromatic N) is 2. The Labute approximate surface area is 115 Å². The first-order chi connectivity index (χ1) is 9.66. The van der Waals surface area contributed by atoms with Crippen molar-refractivity contribution in [1.82, 2.24) is 20.8 Å². The van der Waals surface area contributed by atoms with E-state index in [1.54, 1.807) is 37.5 Å². The van der Waals surface area contributed by atoms with Crippen LogP contribution in [0.3, 0.4) is 0 Å². The molecule has 7 nitrogen and oxygen atoms in total. The van der Waals surface area contributed by atoms with Gasteiger partial charge < -0.3 is 15.2 Å². The molecule has 0 aliphatic carbocycles. The maximum Gasteiger partial charge on any atom is 0.273 e. The van der Waals surface area contributed by atoms with Crippen LogP contribution in [0.5, 0.6) is 0 Å². The second-order valence-corrected chi connectivity index (χ2v) is 4.07. The molecule has 0 aliphatic rings. The van der Waals surface area contributed by atoms with E-state index in [4.69, 9.17) is 4.52 Å². The highest BCUT2D eigenvalue weighted by Crippen LogP contribution is 2.00. The molecule has 2 N–H and O–H groups in total. The van der Waals surface area contributed by atoms with Crippen LogP contribution in [-0.4, -0.2) is 35.0 Å². The molecule has 2 aromatic rings. The van der Waals surface area contributed by atoms with Crippen LogP contribution in [0, 0.1) is 6.92 Å². The lowest BCUT2D eigenvalue weighted by Crippen LogP contribution is -2.34. The van der Waals surface area contributed by atoms with E-state index in [0.29, 0.717) is 24.4 Å². The number of carbonyl (C=O) groups is 2. The number of aromatic nitrogens is 2. The van der Waals surface area contributed by atoms with E-state index in [1.165, 1.54) is 0 Å². The Hall–Kier alpha value is -2.70. The lowest BCUT2D eigenvalue weighted by atomic mass is 10.2. The lowest BCUT2D eigenvalue weighted by molar-refractivity contribution is 0.0922. The fourth-order valence-electron chi connectivity index (χ4n) is 1.52. The highest BCUT2D eigenvalue weighted by Gasteiger charge is 2.10. The zero-order chi connectivity index (χ0) is 14.4. The molecular formula is C13H14N4O3. The molecule has 2 aromatic heterocycles. The smallest absolute Gasteiger partial charge is 0.273 e. The number of rotatable bonds is 5. The molecule has 2 rings (SSSR count). The first-order valence-corrected chi connectivity index (χ1v) is 6.06.